The Labute approximate surface area is 175 Å². The van der Waals surface area contributed by atoms with Crippen LogP contribution in [0.15, 0.2) is 66.7 Å². The van der Waals surface area contributed by atoms with Crippen LogP contribution in [-0.2, 0) is 19.0 Å². The van der Waals surface area contributed by atoms with Gasteiger partial charge in [0.15, 0.2) is 0 Å². The fourth-order valence-electron chi connectivity index (χ4n) is 3.82. The zero-order chi connectivity index (χ0) is 19.6. The van der Waals surface area contributed by atoms with E-state index in [-0.39, 0.29) is 12.4 Å². The number of benzene rings is 3. The minimum atomic E-state index is -4.35. The average molecular weight is 418 g/mol. The predicted octanol–water partition coefficient (Wildman–Crippen LogP) is 6.44. The maximum Gasteiger partial charge on any atom is 0.416 e. The van der Waals surface area contributed by atoms with Gasteiger partial charge in [0.25, 0.3) is 0 Å². The van der Waals surface area contributed by atoms with Gasteiger partial charge in [0.05, 0.1) is 5.56 Å². The van der Waals surface area contributed by atoms with Crippen LogP contribution in [0.2, 0.25) is 0 Å². The molecule has 0 unspecified atom stereocenters. The summed E-state index contributed by atoms with van der Waals surface area (Å²) >= 11 is 0. The highest BCUT2D eigenvalue weighted by Crippen LogP contribution is 2.35. The second kappa shape index (κ2) is 9.02. The Balaban J connectivity index is 0.00000240. The minimum Gasteiger partial charge on any atom is -0.313 e. The molecule has 0 bridgehead atoms. The molecule has 0 spiro atoms. The van der Waals surface area contributed by atoms with Gasteiger partial charge in [-0.15, -0.1) is 12.4 Å². The second-order valence-corrected chi connectivity index (χ2v) is 7.23. The molecule has 0 atom stereocenters. The van der Waals surface area contributed by atoms with Gasteiger partial charge in [-0.05, 0) is 64.9 Å². The highest BCUT2D eigenvalue weighted by atomic mass is 35.5. The van der Waals surface area contributed by atoms with Gasteiger partial charge in [0.2, 0.25) is 0 Å². The van der Waals surface area contributed by atoms with E-state index in [0.29, 0.717) is 30.5 Å². The van der Waals surface area contributed by atoms with Crippen LogP contribution in [0, 0.1) is 0 Å². The molecule has 1 aliphatic rings. The summed E-state index contributed by atoms with van der Waals surface area (Å²) in [6.07, 6.45) is -0.655. The van der Waals surface area contributed by atoms with Gasteiger partial charge in [-0.25, -0.2) is 0 Å². The molecule has 152 valence electrons. The van der Waals surface area contributed by atoms with Crippen LogP contribution in [0.5, 0.6) is 0 Å². The number of hydrogen-bond acceptors (Lipinski definition) is 1. The molecule has 29 heavy (non-hydrogen) atoms. The lowest BCUT2D eigenvalue weighted by Gasteiger charge is -2.18. The van der Waals surface area contributed by atoms with Gasteiger partial charge in [-0.2, -0.15) is 13.2 Å². The zero-order valence-corrected chi connectivity index (χ0v) is 16.7. The van der Waals surface area contributed by atoms with E-state index in [1.165, 1.54) is 6.07 Å². The first-order valence-corrected chi connectivity index (χ1v) is 9.59. The Morgan fingerprint density at radius 2 is 1.66 bits per heavy atom. The third-order valence-electron chi connectivity index (χ3n) is 5.35. The smallest absolute Gasteiger partial charge is 0.313 e. The lowest BCUT2D eigenvalue weighted by molar-refractivity contribution is -0.138. The summed E-state index contributed by atoms with van der Waals surface area (Å²) in [6, 6.07) is 18.9. The van der Waals surface area contributed by atoms with Crippen LogP contribution in [0.1, 0.15) is 28.7 Å². The average Bonchev–Trinajstić information content (AvgIpc) is 2.72. The van der Waals surface area contributed by atoms with E-state index in [9.17, 15) is 13.2 Å². The normalized spacial score (nSPS) is 14.4. The van der Waals surface area contributed by atoms with Gasteiger partial charge in [-0.3, -0.25) is 0 Å². The van der Waals surface area contributed by atoms with Crippen LogP contribution in [-0.4, -0.2) is 13.1 Å². The lowest BCUT2D eigenvalue weighted by Crippen LogP contribution is -2.20. The van der Waals surface area contributed by atoms with Crippen molar-refractivity contribution >= 4 is 28.8 Å². The topological polar surface area (TPSA) is 12.0 Å². The first kappa shape index (κ1) is 21.4. The minimum absolute atomic E-state index is 0. The number of hydrogen-bond donors (Lipinski definition) is 1. The quantitative estimate of drug-likeness (QED) is 0.515. The molecule has 4 rings (SSSR count). The number of halogens is 4. The van der Waals surface area contributed by atoms with Crippen molar-refractivity contribution in [1.29, 1.82) is 0 Å². The van der Waals surface area contributed by atoms with Crippen LogP contribution >= 0.6 is 12.4 Å². The van der Waals surface area contributed by atoms with Crippen LogP contribution in [0.4, 0.5) is 13.2 Å². The molecule has 0 saturated heterocycles. The van der Waals surface area contributed by atoms with E-state index >= 15 is 0 Å². The van der Waals surface area contributed by atoms with Crippen LogP contribution < -0.4 is 5.32 Å². The summed E-state index contributed by atoms with van der Waals surface area (Å²) in [7, 11) is 0. The van der Waals surface area contributed by atoms with Gasteiger partial charge >= 0.3 is 6.18 Å². The fourth-order valence-corrected chi connectivity index (χ4v) is 3.82. The Hall–Kier alpha value is -2.30. The molecule has 0 amide bonds. The zero-order valence-electron chi connectivity index (χ0n) is 15.9. The van der Waals surface area contributed by atoms with Crippen molar-refractivity contribution < 1.29 is 13.2 Å². The predicted molar refractivity (Wildman–Crippen MR) is 116 cm³/mol. The molecule has 1 heterocycles. The number of rotatable bonds is 4. The summed E-state index contributed by atoms with van der Waals surface area (Å²) in [5.41, 5.74) is 2.58. The van der Waals surface area contributed by atoms with E-state index in [0.717, 1.165) is 34.9 Å². The van der Waals surface area contributed by atoms with Crippen molar-refractivity contribution in [1.82, 2.24) is 5.32 Å². The van der Waals surface area contributed by atoms with E-state index in [1.54, 1.807) is 6.07 Å². The van der Waals surface area contributed by atoms with Crippen LogP contribution in [0.3, 0.4) is 0 Å². The monoisotopic (exact) mass is 417 g/mol. The van der Waals surface area contributed by atoms with Crippen LogP contribution in [0.25, 0.3) is 16.3 Å². The SMILES string of the molecule is Cl.FC(F)(F)c1cc(C2=CCNCC2)ccc1CCc1ccc2ccccc2c1. The summed E-state index contributed by atoms with van der Waals surface area (Å²) in [6.45, 7) is 1.51. The summed E-state index contributed by atoms with van der Waals surface area (Å²) in [5.74, 6) is 0. The van der Waals surface area contributed by atoms with Crippen molar-refractivity contribution in [2.75, 3.05) is 13.1 Å². The number of alkyl halides is 3. The first-order chi connectivity index (χ1) is 13.5. The first-order valence-electron chi connectivity index (χ1n) is 9.59. The molecule has 0 fully saturated rings. The van der Waals surface area contributed by atoms with Crippen molar-refractivity contribution in [3.05, 3.63) is 89.0 Å². The maximum absolute atomic E-state index is 13.7. The number of fused-ring (bicyclic) bond motifs is 1. The van der Waals surface area contributed by atoms with Gasteiger partial charge in [0.1, 0.15) is 0 Å². The molecule has 0 radical (unpaired) electrons. The van der Waals surface area contributed by atoms with E-state index in [4.69, 9.17) is 0 Å². The highest BCUT2D eigenvalue weighted by molar-refractivity contribution is 5.85. The molecule has 5 heteroatoms. The highest BCUT2D eigenvalue weighted by Gasteiger charge is 2.33. The summed E-state index contributed by atoms with van der Waals surface area (Å²) < 4.78 is 41.1. The maximum atomic E-state index is 13.7. The second-order valence-electron chi connectivity index (χ2n) is 7.23. The Bertz CT molecular complexity index is 1020. The molecule has 1 nitrogen and oxygen atoms in total. The van der Waals surface area contributed by atoms with E-state index in [1.807, 2.05) is 48.5 Å². The van der Waals surface area contributed by atoms with Crippen molar-refractivity contribution in [3.8, 4) is 0 Å². The van der Waals surface area contributed by atoms with Crippen molar-refractivity contribution in [3.63, 3.8) is 0 Å². The largest absolute Gasteiger partial charge is 0.416 e. The molecule has 0 aromatic heterocycles. The summed E-state index contributed by atoms with van der Waals surface area (Å²) in [5, 5.41) is 5.45. The lowest BCUT2D eigenvalue weighted by atomic mass is 9.93. The summed E-state index contributed by atoms with van der Waals surface area (Å²) in [4.78, 5) is 0. The number of aryl methyl sites for hydroxylation is 2. The molecule has 1 aliphatic heterocycles. The molecule has 0 aliphatic carbocycles. The van der Waals surface area contributed by atoms with Crippen molar-refractivity contribution in [2.45, 2.75) is 25.4 Å². The Morgan fingerprint density at radius 3 is 2.38 bits per heavy atom. The van der Waals surface area contributed by atoms with E-state index < -0.39 is 11.7 Å². The van der Waals surface area contributed by atoms with Crippen molar-refractivity contribution in [2.24, 2.45) is 0 Å². The fraction of sp³-hybridized carbons (Fsp3) is 0.250. The molecule has 3 aromatic carbocycles. The molecular weight excluding hydrogens is 395 g/mol. The molecular formula is C24H23ClF3N. The number of nitrogens with one attached hydrogen (secondary N) is 1. The van der Waals surface area contributed by atoms with Gasteiger partial charge in [0, 0.05) is 6.54 Å². The van der Waals surface area contributed by atoms with Gasteiger partial charge in [-0.1, -0.05) is 60.7 Å². The molecule has 0 saturated carbocycles. The van der Waals surface area contributed by atoms with Gasteiger partial charge < -0.3 is 5.32 Å². The molecule has 1 N–H and O–H groups in total. The Morgan fingerprint density at radius 1 is 0.862 bits per heavy atom. The standard InChI is InChI=1S/C24H22F3N.ClH/c25-24(26,27)23-16-22(19-11-13-28-14-12-19)10-9-20(23)8-6-17-5-7-18-3-1-2-4-21(18)15-17;/h1-5,7,9-11,15-16,28H,6,8,12-14H2;1H. The molecule has 3 aromatic rings. The third kappa shape index (κ3) is 5.01. The third-order valence-corrected chi connectivity index (χ3v) is 5.35. The van der Waals surface area contributed by atoms with E-state index in [2.05, 4.69) is 11.4 Å². The Kier molecular flexibility index (Phi) is 6.66.